The number of hydrogen-bond donors (Lipinski definition) is 3. The fourth-order valence-corrected chi connectivity index (χ4v) is 2.24. The van der Waals surface area contributed by atoms with E-state index in [9.17, 15) is 0 Å². The van der Waals surface area contributed by atoms with E-state index in [2.05, 4.69) is 39.8 Å². The molecule has 3 N–H and O–H groups in total. The zero-order valence-electron chi connectivity index (χ0n) is 10.8. The van der Waals surface area contributed by atoms with Crippen LogP contribution in [0.4, 0.5) is 0 Å². The second kappa shape index (κ2) is 6.00. The van der Waals surface area contributed by atoms with Gasteiger partial charge in [0, 0.05) is 13.1 Å². The van der Waals surface area contributed by atoms with Crippen molar-refractivity contribution in [1.82, 2.24) is 16.0 Å². The van der Waals surface area contributed by atoms with Crippen LogP contribution in [0, 0.1) is 5.92 Å². The van der Waals surface area contributed by atoms with Gasteiger partial charge < -0.3 is 10.6 Å². The molecule has 2 unspecified atom stereocenters. The normalized spacial score (nSPS) is 29.8. The Morgan fingerprint density at radius 2 is 2.29 bits per heavy atom. The van der Waals surface area contributed by atoms with Crippen LogP contribution in [0.1, 0.15) is 33.1 Å². The van der Waals surface area contributed by atoms with E-state index in [0.29, 0.717) is 12.1 Å². The van der Waals surface area contributed by atoms with Gasteiger partial charge in [-0.3, -0.25) is 10.3 Å². The Morgan fingerprint density at radius 1 is 1.41 bits per heavy atom. The molecule has 2 heterocycles. The van der Waals surface area contributed by atoms with Crippen molar-refractivity contribution in [2.45, 2.75) is 39.3 Å². The third kappa shape index (κ3) is 2.97. The Bertz CT molecular complexity index is 310. The van der Waals surface area contributed by atoms with Crippen molar-refractivity contribution >= 4 is 11.8 Å². The second-order valence-electron chi connectivity index (χ2n) is 4.60. The molecule has 2 rings (SSSR count). The van der Waals surface area contributed by atoms with E-state index in [1.807, 2.05) is 0 Å². The minimum absolute atomic E-state index is 0.308. The number of rotatable bonds is 4. The summed E-state index contributed by atoms with van der Waals surface area (Å²) in [6.07, 6.45) is 3.63. The first kappa shape index (κ1) is 12.4. The van der Waals surface area contributed by atoms with Gasteiger partial charge in [-0.25, -0.2) is 4.99 Å². The number of amidine groups is 1. The van der Waals surface area contributed by atoms with E-state index < -0.39 is 0 Å². The molecule has 0 radical (unpaired) electrons. The number of guanidine groups is 1. The van der Waals surface area contributed by atoms with Crippen molar-refractivity contribution in [3.63, 3.8) is 0 Å². The molecule has 1 fully saturated rings. The highest BCUT2D eigenvalue weighted by molar-refractivity contribution is 6.00. The van der Waals surface area contributed by atoms with Gasteiger partial charge in [0.1, 0.15) is 5.84 Å². The summed E-state index contributed by atoms with van der Waals surface area (Å²) in [5.74, 6) is 2.36. The van der Waals surface area contributed by atoms with E-state index in [-0.39, 0.29) is 0 Å². The molecule has 0 amide bonds. The van der Waals surface area contributed by atoms with Crippen LogP contribution in [-0.2, 0) is 0 Å². The zero-order valence-corrected chi connectivity index (χ0v) is 10.8. The molecule has 0 aromatic carbocycles. The summed E-state index contributed by atoms with van der Waals surface area (Å²) in [5.41, 5.74) is 0. The molecule has 0 aromatic rings. The third-order valence-corrected chi connectivity index (χ3v) is 3.13. The lowest BCUT2D eigenvalue weighted by Crippen LogP contribution is -2.53. The van der Waals surface area contributed by atoms with E-state index >= 15 is 0 Å². The molecule has 2 atom stereocenters. The van der Waals surface area contributed by atoms with Crippen LogP contribution in [0.2, 0.25) is 0 Å². The van der Waals surface area contributed by atoms with Gasteiger partial charge in [0.05, 0.1) is 12.1 Å². The Morgan fingerprint density at radius 3 is 3.06 bits per heavy atom. The largest absolute Gasteiger partial charge is 0.373 e. The van der Waals surface area contributed by atoms with Crippen molar-refractivity contribution in [2.24, 2.45) is 15.9 Å². The molecule has 0 aliphatic carbocycles. The highest BCUT2D eigenvalue weighted by atomic mass is 15.3. The molecular weight excluding hydrogens is 214 g/mol. The number of hydrogen-bond acceptors (Lipinski definition) is 3. The van der Waals surface area contributed by atoms with E-state index in [1.54, 1.807) is 0 Å². The molecule has 17 heavy (non-hydrogen) atoms. The van der Waals surface area contributed by atoms with Crippen LogP contribution >= 0.6 is 0 Å². The first-order chi connectivity index (χ1) is 8.35. The second-order valence-corrected chi connectivity index (χ2v) is 4.60. The maximum atomic E-state index is 4.60. The van der Waals surface area contributed by atoms with Gasteiger partial charge in [-0.1, -0.05) is 13.8 Å². The topological polar surface area (TPSA) is 60.8 Å². The van der Waals surface area contributed by atoms with Gasteiger partial charge in [0.2, 0.25) is 5.96 Å². The Hall–Kier alpha value is -1.10. The number of nitrogens with one attached hydrogen (secondary N) is 3. The maximum absolute atomic E-state index is 4.60. The van der Waals surface area contributed by atoms with Crippen molar-refractivity contribution in [3.8, 4) is 0 Å². The van der Waals surface area contributed by atoms with E-state index in [4.69, 9.17) is 0 Å². The molecule has 0 spiro atoms. The Labute approximate surface area is 103 Å². The summed E-state index contributed by atoms with van der Waals surface area (Å²) < 4.78 is 0. The molecule has 0 saturated carbocycles. The first-order valence-electron chi connectivity index (χ1n) is 6.72. The summed E-state index contributed by atoms with van der Waals surface area (Å²) in [5, 5.41) is 10.3. The van der Waals surface area contributed by atoms with Crippen LogP contribution in [0.15, 0.2) is 9.98 Å². The summed E-state index contributed by atoms with van der Waals surface area (Å²) in [6, 6.07) is 0. The number of fused-ring (bicyclic) bond motifs is 1. The van der Waals surface area contributed by atoms with Gasteiger partial charge in [-0.15, -0.1) is 0 Å². The van der Waals surface area contributed by atoms with Crippen molar-refractivity contribution in [1.29, 1.82) is 0 Å². The molecule has 0 aromatic heterocycles. The quantitative estimate of drug-likeness (QED) is 0.674. The fourth-order valence-electron chi connectivity index (χ4n) is 2.24. The Kier molecular flexibility index (Phi) is 4.36. The SMILES string of the molecule is CCCN=C1N=C(NCCC)C2CCNC2N1. The summed E-state index contributed by atoms with van der Waals surface area (Å²) in [7, 11) is 0. The summed E-state index contributed by atoms with van der Waals surface area (Å²) >= 11 is 0. The van der Waals surface area contributed by atoms with E-state index in [0.717, 1.165) is 50.7 Å². The Balaban J connectivity index is 2.08. The number of aliphatic imine (C=N–C) groups is 2. The smallest absolute Gasteiger partial charge is 0.220 e. The monoisotopic (exact) mass is 237 g/mol. The minimum atomic E-state index is 0.308. The van der Waals surface area contributed by atoms with Gasteiger partial charge in [0.15, 0.2) is 0 Å². The molecular formula is C12H23N5. The van der Waals surface area contributed by atoms with Gasteiger partial charge in [-0.2, -0.15) is 0 Å². The molecule has 1 saturated heterocycles. The third-order valence-electron chi connectivity index (χ3n) is 3.13. The van der Waals surface area contributed by atoms with Crippen molar-refractivity contribution in [3.05, 3.63) is 0 Å². The molecule has 0 bridgehead atoms. The van der Waals surface area contributed by atoms with Crippen molar-refractivity contribution < 1.29 is 0 Å². The first-order valence-corrected chi connectivity index (χ1v) is 6.72. The van der Waals surface area contributed by atoms with Gasteiger partial charge >= 0.3 is 0 Å². The molecule has 5 nitrogen and oxygen atoms in total. The zero-order chi connectivity index (χ0) is 12.1. The van der Waals surface area contributed by atoms with Crippen molar-refractivity contribution in [2.75, 3.05) is 19.6 Å². The standard InChI is InChI=1S/C12H23N5/c1-3-6-13-10-9-5-8-14-11(9)17-12(16-10)15-7-4-2/h9,11,14H,3-8H2,1-2H3,(H2,13,15,16,17). The minimum Gasteiger partial charge on any atom is -0.373 e. The van der Waals surface area contributed by atoms with E-state index in [1.165, 1.54) is 0 Å². The van der Waals surface area contributed by atoms with Crippen LogP contribution in [0.25, 0.3) is 0 Å². The highest BCUT2D eigenvalue weighted by Crippen LogP contribution is 2.18. The van der Waals surface area contributed by atoms with Crippen LogP contribution in [0.3, 0.4) is 0 Å². The molecule has 2 aliphatic heterocycles. The predicted molar refractivity (Wildman–Crippen MR) is 71.4 cm³/mol. The number of nitrogens with zero attached hydrogens (tertiary/aromatic N) is 2. The lowest BCUT2D eigenvalue weighted by molar-refractivity contribution is 0.490. The molecule has 96 valence electrons. The average molecular weight is 237 g/mol. The summed E-state index contributed by atoms with van der Waals surface area (Å²) in [4.78, 5) is 9.06. The average Bonchev–Trinajstić information content (AvgIpc) is 2.81. The lowest BCUT2D eigenvalue weighted by atomic mass is 10.0. The van der Waals surface area contributed by atoms with Crippen LogP contribution in [-0.4, -0.2) is 37.6 Å². The summed E-state index contributed by atoms with van der Waals surface area (Å²) in [6.45, 7) is 7.18. The fraction of sp³-hybridized carbons (Fsp3) is 0.833. The molecule has 2 aliphatic rings. The van der Waals surface area contributed by atoms with Crippen LogP contribution in [0.5, 0.6) is 0 Å². The molecule has 5 heteroatoms. The van der Waals surface area contributed by atoms with Gasteiger partial charge in [0.25, 0.3) is 0 Å². The van der Waals surface area contributed by atoms with Gasteiger partial charge in [-0.05, 0) is 25.8 Å². The highest BCUT2D eigenvalue weighted by Gasteiger charge is 2.34. The lowest BCUT2D eigenvalue weighted by Gasteiger charge is -2.28. The maximum Gasteiger partial charge on any atom is 0.220 e. The van der Waals surface area contributed by atoms with Crippen LogP contribution < -0.4 is 16.0 Å². The predicted octanol–water partition coefficient (Wildman–Crippen LogP) is 0.689.